The Morgan fingerprint density at radius 3 is 2.39 bits per heavy atom. The number of aromatic nitrogens is 2. The highest BCUT2D eigenvalue weighted by Gasteiger charge is 2.12. The Morgan fingerprint density at radius 1 is 1.13 bits per heavy atom. The Balaban J connectivity index is 2.00. The van der Waals surface area contributed by atoms with Crippen molar-refractivity contribution < 1.29 is 0 Å². The molecule has 0 saturated carbocycles. The van der Waals surface area contributed by atoms with Crippen molar-refractivity contribution in [3.63, 3.8) is 0 Å². The van der Waals surface area contributed by atoms with Crippen LogP contribution in [-0.2, 0) is 0 Å². The number of nitrogens with zero attached hydrogens (tertiary/aromatic N) is 2. The van der Waals surface area contributed by atoms with E-state index in [1.54, 1.807) is 6.33 Å². The monoisotopic (exact) mass is 342 g/mol. The van der Waals surface area contributed by atoms with Crippen LogP contribution in [0, 0.1) is 0 Å². The van der Waals surface area contributed by atoms with Crippen molar-refractivity contribution >= 4 is 28.8 Å². The fraction of sp³-hybridized carbons (Fsp3) is 0.105. The maximum absolute atomic E-state index is 6.40. The zero-order valence-corrected chi connectivity index (χ0v) is 14.3. The van der Waals surface area contributed by atoms with Crippen LogP contribution < -0.4 is 0 Å². The predicted molar refractivity (Wildman–Crippen MR) is 98.3 cm³/mol. The van der Waals surface area contributed by atoms with Crippen molar-refractivity contribution in [2.24, 2.45) is 0 Å². The normalized spacial score (nSPS) is 10.7. The first kappa shape index (κ1) is 15.9. The van der Waals surface area contributed by atoms with Crippen molar-refractivity contribution in [3.05, 3.63) is 77.2 Å². The zero-order valence-electron chi connectivity index (χ0n) is 12.8. The van der Waals surface area contributed by atoms with E-state index < -0.39 is 0 Å². The van der Waals surface area contributed by atoms with Crippen LogP contribution in [0.5, 0.6) is 0 Å². The van der Waals surface area contributed by atoms with Crippen LogP contribution in [0.25, 0.3) is 22.5 Å². The first-order valence-electron chi connectivity index (χ1n) is 7.37. The van der Waals surface area contributed by atoms with E-state index in [2.05, 4.69) is 11.6 Å². The van der Waals surface area contributed by atoms with Gasteiger partial charge < -0.3 is 4.57 Å². The molecule has 23 heavy (non-hydrogen) atoms. The van der Waals surface area contributed by atoms with Crippen molar-refractivity contribution in [2.75, 3.05) is 0 Å². The smallest absolute Gasteiger partial charge is 0.0999 e. The molecule has 3 aromatic rings. The average Bonchev–Trinajstić information content (AvgIpc) is 3.04. The summed E-state index contributed by atoms with van der Waals surface area (Å²) in [7, 11) is 0. The summed E-state index contributed by atoms with van der Waals surface area (Å²) in [4.78, 5) is 4.46. The fourth-order valence-electron chi connectivity index (χ4n) is 2.45. The molecule has 1 heterocycles. The fourth-order valence-corrected chi connectivity index (χ4v) is 3.19. The van der Waals surface area contributed by atoms with E-state index in [-0.39, 0.29) is 0 Å². The first-order valence-corrected chi connectivity index (χ1v) is 8.12. The lowest BCUT2D eigenvalue weighted by Crippen LogP contribution is -1.93. The lowest BCUT2D eigenvalue weighted by Gasteiger charge is -2.11. The summed E-state index contributed by atoms with van der Waals surface area (Å²) < 4.78 is 1.92. The van der Waals surface area contributed by atoms with Gasteiger partial charge >= 0.3 is 0 Å². The van der Waals surface area contributed by atoms with Gasteiger partial charge in [-0.15, -0.1) is 0 Å². The molecule has 0 spiro atoms. The minimum atomic E-state index is 0.606. The molecule has 2 aromatic carbocycles. The highest BCUT2D eigenvalue weighted by Crippen LogP contribution is 2.34. The molecule has 0 unspecified atom stereocenters. The van der Waals surface area contributed by atoms with Crippen LogP contribution >= 0.6 is 23.2 Å². The van der Waals surface area contributed by atoms with Gasteiger partial charge in [0.25, 0.3) is 0 Å². The molecular formula is C19H16Cl2N2. The zero-order chi connectivity index (χ0) is 16.4. The summed E-state index contributed by atoms with van der Waals surface area (Å²) in [6.45, 7) is 6.06. The average molecular weight is 343 g/mol. The molecule has 0 radical (unpaired) electrons. The summed E-state index contributed by atoms with van der Waals surface area (Å²) in [5, 5.41) is 1.21. The number of benzene rings is 2. The Hall–Kier alpha value is -2.03. The third kappa shape index (κ3) is 3.19. The molecule has 0 saturated heterocycles. The van der Waals surface area contributed by atoms with Gasteiger partial charge in [0.1, 0.15) is 0 Å². The Kier molecular flexibility index (Phi) is 4.56. The topological polar surface area (TPSA) is 17.8 Å². The van der Waals surface area contributed by atoms with Gasteiger partial charge in [-0.25, -0.2) is 4.98 Å². The Bertz CT molecular complexity index is 828. The third-order valence-corrected chi connectivity index (χ3v) is 4.35. The van der Waals surface area contributed by atoms with Crippen LogP contribution in [0.15, 0.2) is 61.6 Å². The van der Waals surface area contributed by atoms with Gasteiger partial charge in [0, 0.05) is 23.0 Å². The molecule has 1 aromatic heterocycles. The predicted octanol–water partition coefficient (Wildman–Crippen LogP) is 6.27. The van der Waals surface area contributed by atoms with E-state index >= 15 is 0 Å². The van der Waals surface area contributed by atoms with E-state index in [9.17, 15) is 0 Å². The molecule has 0 N–H and O–H groups in total. The molecule has 2 nitrogen and oxygen atoms in total. The van der Waals surface area contributed by atoms with E-state index in [1.165, 1.54) is 0 Å². The van der Waals surface area contributed by atoms with Crippen LogP contribution in [0.3, 0.4) is 0 Å². The van der Waals surface area contributed by atoms with Gasteiger partial charge in [-0.3, -0.25) is 0 Å². The highest BCUT2D eigenvalue weighted by atomic mass is 35.5. The summed E-state index contributed by atoms with van der Waals surface area (Å²) in [6, 6.07) is 13.8. The lowest BCUT2D eigenvalue weighted by molar-refractivity contribution is 1.06. The number of imidazole rings is 1. The molecule has 116 valence electrons. The molecule has 0 aliphatic heterocycles. The molecule has 4 heteroatoms. The quantitative estimate of drug-likeness (QED) is 0.546. The summed E-state index contributed by atoms with van der Waals surface area (Å²) in [5.41, 5.74) is 4.60. The molecule has 3 rings (SSSR count). The van der Waals surface area contributed by atoms with Gasteiger partial charge in [-0.1, -0.05) is 67.0 Å². The Labute approximate surface area is 146 Å². The summed E-state index contributed by atoms with van der Waals surface area (Å²) in [6.07, 6.45) is 4.53. The number of rotatable bonds is 4. The van der Waals surface area contributed by atoms with Gasteiger partial charge in [0.2, 0.25) is 0 Å². The van der Waals surface area contributed by atoms with Crippen molar-refractivity contribution in [2.45, 2.75) is 13.3 Å². The van der Waals surface area contributed by atoms with E-state index in [1.807, 2.05) is 60.2 Å². The molecule has 0 aliphatic carbocycles. The van der Waals surface area contributed by atoms with Gasteiger partial charge in [-0.2, -0.15) is 0 Å². The van der Waals surface area contributed by atoms with Crippen LogP contribution in [0.1, 0.15) is 18.9 Å². The summed E-state index contributed by atoms with van der Waals surface area (Å²) >= 11 is 12.8. The van der Waals surface area contributed by atoms with E-state index in [0.717, 1.165) is 34.5 Å². The number of hydrogen-bond donors (Lipinski definition) is 0. The summed E-state index contributed by atoms with van der Waals surface area (Å²) in [5.74, 6) is 0. The second kappa shape index (κ2) is 6.61. The van der Waals surface area contributed by atoms with Crippen molar-refractivity contribution in [1.29, 1.82) is 0 Å². The Morgan fingerprint density at radius 2 is 1.78 bits per heavy atom. The van der Waals surface area contributed by atoms with E-state index in [0.29, 0.717) is 10.0 Å². The number of hydrogen-bond acceptors (Lipinski definition) is 1. The lowest BCUT2D eigenvalue weighted by atomic mass is 10.0. The highest BCUT2D eigenvalue weighted by molar-refractivity contribution is 6.37. The third-order valence-electron chi connectivity index (χ3n) is 3.76. The molecule has 0 bridgehead atoms. The molecule has 0 fully saturated rings. The van der Waals surface area contributed by atoms with Gasteiger partial charge in [0.15, 0.2) is 0 Å². The van der Waals surface area contributed by atoms with Crippen LogP contribution in [0.2, 0.25) is 10.0 Å². The number of allylic oxidation sites excluding steroid dienone is 1. The van der Waals surface area contributed by atoms with Crippen LogP contribution in [-0.4, -0.2) is 9.55 Å². The number of halogens is 2. The van der Waals surface area contributed by atoms with Gasteiger partial charge in [0.05, 0.1) is 22.1 Å². The SMILES string of the molecule is C=C(CC)c1c(Cl)cc(-n2cnc(-c3ccccc3)c2)cc1Cl. The molecule has 0 amide bonds. The first-order chi connectivity index (χ1) is 11.1. The van der Waals surface area contributed by atoms with Crippen molar-refractivity contribution in [3.8, 4) is 16.9 Å². The maximum atomic E-state index is 6.40. The molecule has 0 atom stereocenters. The standard InChI is InChI=1S/C19H16Cl2N2/c1-3-13(2)19-16(20)9-15(10-17(19)21)23-11-18(22-12-23)14-7-5-4-6-8-14/h4-12H,2-3H2,1H3. The largest absolute Gasteiger partial charge is 0.306 e. The van der Waals surface area contributed by atoms with Crippen LogP contribution in [0.4, 0.5) is 0 Å². The second-order valence-corrected chi connectivity index (χ2v) is 6.09. The maximum Gasteiger partial charge on any atom is 0.0999 e. The minimum Gasteiger partial charge on any atom is -0.306 e. The second-order valence-electron chi connectivity index (χ2n) is 5.27. The van der Waals surface area contributed by atoms with Crippen molar-refractivity contribution in [1.82, 2.24) is 9.55 Å². The van der Waals surface area contributed by atoms with E-state index in [4.69, 9.17) is 23.2 Å². The molecular weight excluding hydrogens is 327 g/mol. The van der Waals surface area contributed by atoms with Gasteiger partial charge in [-0.05, 0) is 24.1 Å². The minimum absolute atomic E-state index is 0.606. The molecule has 0 aliphatic rings.